The van der Waals surface area contributed by atoms with Crippen molar-refractivity contribution in [2.75, 3.05) is 26.6 Å². The third kappa shape index (κ3) is 3.82. The van der Waals surface area contributed by atoms with E-state index in [4.69, 9.17) is 19.9 Å². The lowest BCUT2D eigenvalue weighted by Crippen LogP contribution is -2.44. The first-order valence-corrected chi connectivity index (χ1v) is 8.59. The molecule has 2 aliphatic heterocycles. The fourth-order valence-electron chi connectivity index (χ4n) is 3.27. The normalized spacial score (nSPS) is 19.8. The van der Waals surface area contributed by atoms with E-state index in [2.05, 4.69) is 11.4 Å². The zero-order chi connectivity index (χ0) is 17.0. The molecule has 2 aliphatic rings. The van der Waals surface area contributed by atoms with E-state index in [1.807, 2.05) is 19.1 Å². The Kier molecular flexibility index (Phi) is 5.26. The molecule has 0 aliphatic carbocycles. The molecule has 6 heteroatoms. The fourth-order valence-corrected chi connectivity index (χ4v) is 3.27. The minimum Gasteiger partial charge on any atom is -0.454 e. The SMILES string of the molecule is CC(N)CCC(=O)NCC1(c2ccc3c(c2)OCO3)CCOCC1. The van der Waals surface area contributed by atoms with Crippen molar-refractivity contribution in [2.45, 2.75) is 44.1 Å². The summed E-state index contributed by atoms with van der Waals surface area (Å²) >= 11 is 0. The lowest BCUT2D eigenvalue weighted by atomic mass is 9.74. The molecule has 1 saturated heterocycles. The number of amides is 1. The molecule has 1 aromatic rings. The number of benzene rings is 1. The Labute approximate surface area is 142 Å². The summed E-state index contributed by atoms with van der Waals surface area (Å²) in [5.74, 6) is 1.61. The highest BCUT2D eigenvalue weighted by atomic mass is 16.7. The van der Waals surface area contributed by atoms with Crippen LogP contribution in [0.15, 0.2) is 18.2 Å². The van der Waals surface area contributed by atoms with Crippen LogP contribution in [-0.4, -0.2) is 38.5 Å². The summed E-state index contributed by atoms with van der Waals surface area (Å²) < 4.78 is 16.4. The fraction of sp³-hybridized carbons (Fsp3) is 0.611. The summed E-state index contributed by atoms with van der Waals surface area (Å²) in [6.07, 6.45) is 2.91. The average Bonchev–Trinajstić information content (AvgIpc) is 3.06. The second kappa shape index (κ2) is 7.40. The van der Waals surface area contributed by atoms with Gasteiger partial charge in [0.05, 0.1) is 0 Å². The molecule has 1 fully saturated rings. The molecule has 3 N–H and O–H groups in total. The Hall–Kier alpha value is -1.79. The van der Waals surface area contributed by atoms with E-state index in [1.54, 1.807) is 0 Å². The maximum Gasteiger partial charge on any atom is 0.231 e. The first-order chi connectivity index (χ1) is 11.6. The number of rotatable bonds is 6. The molecule has 0 radical (unpaired) electrons. The van der Waals surface area contributed by atoms with Gasteiger partial charge in [-0.05, 0) is 43.9 Å². The van der Waals surface area contributed by atoms with Crippen LogP contribution in [0.4, 0.5) is 0 Å². The highest BCUT2D eigenvalue weighted by Gasteiger charge is 2.36. The zero-order valence-corrected chi connectivity index (χ0v) is 14.2. The van der Waals surface area contributed by atoms with E-state index in [1.165, 1.54) is 5.56 Å². The first kappa shape index (κ1) is 17.0. The minimum absolute atomic E-state index is 0.0432. The predicted molar refractivity (Wildman–Crippen MR) is 90.2 cm³/mol. The van der Waals surface area contributed by atoms with Crippen molar-refractivity contribution >= 4 is 5.91 Å². The average molecular weight is 334 g/mol. The van der Waals surface area contributed by atoms with E-state index >= 15 is 0 Å². The maximum absolute atomic E-state index is 12.1. The molecule has 2 heterocycles. The third-order valence-electron chi connectivity index (χ3n) is 4.89. The Morgan fingerprint density at radius 1 is 1.29 bits per heavy atom. The summed E-state index contributed by atoms with van der Waals surface area (Å²) in [5, 5.41) is 3.09. The molecule has 1 atom stereocenters. The van der Waals surface area contributed by atoms with E-state index in [0.29, 0.717) is 32.6 Å². The van der Waals surface area contributed by atoms with Gasteiger partial charge in [-0.2, -0.15) is 0 Å². The third-order valence-corrected chi connectivity index (χ3v) is 4.89. The predicted octanol–water partition coefficient (Wildman–Crippen LogP) is 1.71. The molecule has 3 rings (SSSR count). The standard InChI is InChI=1S/C18H26N2O4/c1-13(19)2-5-17(21)20-11-18(6-8-22-9-7-18)14-3-4-15-16(10-14)24-12-23-15/h3-4,10,13H,2,5-9,11-12,19H2,1H3,(H,20,21). The highest BCUT2D eigenvalue weighted by Crippen LogP contribution is 2.40. The van der Waals surface area contributed by atoms with Crippen LogP contribution in [0.5, 0.6) is 11.5 Å². The number of fused-ring (bicyclic) bond motifs is 1. The van der Waals surface area contributed by atoms with Gasteiger partial charge in [0, 0.05) is 37.6 Å². The molecule has 0 aromatic heterocycles. The van der Waals surface area contributed by atoms with Crippen LogP contribution in [0.3, 0.4) is 0 Å². The number of hydrogen-bond acceptors (Lipinski definition) is 5. The van der Waals surface area contributed by atoms with Gasteiger partial charge in [-0.3, -0.25) is 4.79 Å². The van der Waals surface area contributed by atoms with Crippen LogP contribution >= 0.6 is 0 Å². The van der Waals surface area contributed by atoms with E-state index in [-0.39, 0.29) is 24.2 Å². The number of ether oxygens (including phenoxy) is 3. The molecule has 1 aromatic carbocycles. The van der Waals surface area contributed by atoms with Crippen molar-refractivity contribution in [1.29, 1.82) is 0 Å². The Morgan fingerprint density at radius 3 is 2.79 bits per heavy atom. The van der Waals surface area contributed by atoms with Crippen molar-refractivity contribution in [2.24, 2.45) is 5.73 Å². The first-order valence-electron chi connectivity index (χ1n) is 8.59. The van der Waals surface area contributed by atoms with Crippen molar-refractivity contribution in [3.05, 3.63) is 23.8 Å². The van der Waals surface area contributed by atoms with Gasteiger partial charge in [0.15, 0.2) is 11.5 Å². The maximum atomic E-state index is 12.1. The molecule has 132 valence electrons. The van der Waals surface area contributed by atoms with Gasteiger partial charge in [0.1, 0.15) is 0 Å². The van der Waals surface area contributed by atoms with Gasteiger partial charge in [-0.25, -0.2) is 0 Å². The van der Waals surface area contributed by atoms with Crippen molar-refractivity contribution in [3.8, 4) is 11.5 Å². The van der Waals surface area contributed by atoms with Gasteiger partial charge in [-0.1, -0.05) is 6.07 Å². The smallest absolute Gasteiger partial charge is 0.231 e. The highest BCUT2D eigenvalue weighted by molar-refractivity contribution is 5.76. The topological polar surface area (TPSA) is 82.8 Å². The Balaban J connectivity index is 1.72. The van der Waals surface area contributed by atoms with Crippen molar-refractivity contribution in [3.63, 3.8) is 0 Å². The second-order valence-electron chi connectivity index (χ2n) is 6.75. The molecular formula is C18H26N2O4. The number of hydrogen-bond donors (Lipinski definition) is 2. The van der Waals surface area contributed by atoms with Gasteiger partial charge < -0.3 is 25.3 Å². The zero-order valence-electron chi connectivity index (χ0n) is 14.2. The van der Waals surface area contributed by atoms with Crippen LogP contribution in [0.1, 0.15) is 38.2 Å². The van der Waals surface area contributed by atoms with E-state index in [0.717, 1.165) is 24.3 Å². The summed E-state index contributed by atoms with van der Waals surface area (Å²) in [6, 6.07) is 6.11. The second-order valence-corrected chi connectivity index (χ2v) is 6.75. The van der Waals surface area contributed by atoms with Gasteiger partial charge in [0.25, 0.3) is 0 Å². The van der Waals surface area contributed by atoms with E-state index in [9.17, 15) is 4.79 Å². The van der Waals surface area contributed by atoms with Crippen molar-refractivity contribution < 1.29 is 19.0 Å². The number of carbonyl (C=O) groups is 1. The minimum atomic E-state index is -0.122. The molecule has 0 saturated carbocycles. The van der Waals surface area contributed by atoms with Gasteiger partial charge in [-0.15, -0.1) is 0 Å². The molecule has 6 nitrogen and oxygen atoms in total. The lowest BCUT2D eigenvalue weighted by molar-refractivity contribution is -0.121. The number of carbonyl (C=O) groups excluding carboxylic acids is 1. The van der Waals surface area contributed by atoms with Gasteiger partial charge in [0.2, 0.25) is 12.7 Å². The van der Waals surface area contributed by atoms with Crippen LogP contribution < -0.4 is 20.5 Å². The number of nitrogens with two attached hydrogens (primary N) is 1. The Morgan fingerprint density at radius 2 is 2.04 bits per heavy atom. The largest absolute Gasteiger partial charge is 0.454 e. The molecular weight excluding hydrogens is 308 g/mol. The summed E-state index contributed by atoms with van der Waals surface area (Å²) in [6.45, 7) is 4.19. The van der Waals surface area contributed by atoms with Crippen LogP contribution in [0, 0.1) is 0 Å². The van der Waals surface area contributed by atoms with Crippen LogP contribution in [0.25, 0.3) is 0 Å². The number of nitrogens with one attached hydrogen (secondary N) is 1. The van der Waals surface area contributed by atoms with Crippen LogP contribution in [-0.2, 0) is 14.9 Å². The Bertz CT molecular complexity index is 582. The van der Waals surface area contributed by atoms with E-state index < -0.39 is 0 Å². The van der Waals surface area contributed by atoms with Crippen molar-refractivity contribution in [1.82, 2.24) is 5.32 Å². The summed E-state index contributed by atoms with van der Waals surface area (Å²) in [4.78, 5) is 12.1. The molecule has 1 unspecified atom stereocenters. The van der Waals surface area contributed by atoms with Crippen LogP contribution in [0.2, 0.25) is 0 Å². The lowest BCUT2D eigenvalue weighted by Gasteiger charge is -2.38. The molecule has 0 spiro atoms. The summed E-state index contributed by atoms with van der Waals surface area (Å²) in [7, 11) is 0. The van der Waals surface area contributed by atoms with Gasteiger partial charge >= 0.3 is 0 Å². The molecule has 24 heavy (non-hydrogen) atoms. The molecule has 1 amide bonds. The quantitative estimate of drug-likeness (QED) is 0.827. The summed E-state index contributed by atoms with van der Waals surface area (Å²) in [5.41, 5.74) is 6.77. The molecule has 0 bridgehead atoms. The monoisotopic (exact) mass is 334 g/mol.